The van der Waals surface area contributed by atoms with E-state index in [-0.39, 0.29) is 5.91 Å². The number of rotatable bonds is 6. The van der Waals surface area contributed by atoms with Crippen LogP contribution in [0.25, 0.3) is 0 Å². The molecule has 0 aliphatic rings. The maximum absolute atomic E-state index is 12.7. The minimum absolute atomic E-state index is 0.267. The molecule has 28 heavy (non-hydrogen) atoms. The molecule has 0 saturated carbocycles. The van der Waals surface area contributed by atoms with E-state index in [9.17, 15) is 4.79 Å². The zero-order chi connectivity index (χ0) is 20.1. The minimum atomic E-state index is -0.267. The molecule has 0 aliphatic carbocycles. The Hall–Kier alpha value is -3.61. The summed E-state index contributed by atoms with van der Waals surface area (Å²) in [5, 5.41) is 6.00. The molecule has 0 spiro atoms. The first kappa shape index (κ1) is 19.2. The van der Waals surface area contributed by atoms with Gasteiger partial charge in [0, 0.05) is 28.7 Å². The van der Waals surface area contributed by atoms with E-state index < -0.39 is 0 Å². The van der Waals surface area contributed by atoms with E-state index in [2.05, 4.69) is 20.6 Å². The second kappa shape index (κ2) is 8.39. The van der Waals surface area contributed by atoms with Crippen LogP contribution in [0.2, 0.25) is 0 Å². The van der Waals surface area contributed by atoms with Gasteiger partial charge in [-0.15, -0.1) is 0 Å². The molecule has 2 aromatic carbocycles. The van der Waals surface area contributed by atoms with Crippen LogP contribution in [0, 0.1) is 13.8 Å². The van der Waals surface area contributed by atoms with Crippen LogP contribution in [0.4, 0.5) is 17.3 Å². The van der Waals surface area contributed by atoms with Gasteiger partial charge in [0.05, 0.1) is 19.9 Å². The van der Waals surface area contributed by atoms with Gasteiger partial charge < -0.3 is 20.1 Å². The largest absolute Gasteiger partial charge is 0.497 e. The van der Waals surface area contributed by atoms with Gasteiger partial charge in [-0.1, -0.05) is 6.07 Å². The van der Waals surface area contributed by atoms with Gasteiger partial charge in [0.25, 0.3) is 5.91 Å². The zero-order valence-electron chi connectivity index (χ0n) is 16.2. The monoisotopic (exact) mass is 378 g/mol. The number of benzene rings is 2. The molecule has 1 aromatic heterocycles. The van der Waals surface area contributed by atoms with E-state index in [1.54, 1.807) is 50.6 Å². The Kier molecular flexibility index (Phi) is 5.74. The Balaban J connectivity index is 1.81. The molecule has 1 heterocycles. The van der Waals surface area contributed by atoms with Gasteiger partial charge in [-0.05, 0) is 50.2 Å². The average Bonchev–Trinajstić information content (AvgIpc) is 2.67. The van der Waals surface area contributed by atoms with Crippen LogP contribution in [0.1, 0.15) is 21.7 Å². The highest BCUT2D eigenvalue weighted by atomic mass is 16.5. The molecular weight excluding hydrogens is 356 g/mol. The Morgan fingerprint density at radius 2 is 1.68 bits per heavy atom. The number of hydrogen-bond donors (Lipinski definition) is 2. The summed E-state index contributed by atoms with van der Waals surface area (Å²) < 4.78 is 10.5. The maximum Gasteiger partial charge on any atom is 0.255 e. The summed E-state index contributed by atoms with van der Waals surface area (Å²) in [5.74, 6) is 1.40. The van der Waals surface area contributed by atoms with Crippen LogP contribution in [-0.4, -0.2) is 30.1 Å². The van der Waals surface area contributed by atoms with Crippen LogP contribution in [0.3, 0.4) is 0 Å². The molecule has 144 valence electrons. The standard InChI is InChI=1S/C21H22N4O3/c1-13-10-14(2)23-21(22-13)24-16-7-5-6-15(11-16)20(26)25-18-12-17(27-3)8-9-19(18)28-4/h5-12H,1-4H3,(H,25,26)(H,22,23,24). The van der Waals surface area contributed by atoms with Gasteiger partial charge >= 0.3 is 0 Å². The van der Waals surface area contributed by atoms with Gasteiger partial charge in [0.2, 0.25) is 5.95 Å². The lowest BCUT2D eigenvalue weighted by Crippen LogP contribution is -2.13. The summed E-state index contributed by atoms with van der Waals surface area (Å²) in [6, 6.07) is 14.2. The highest BCUT2D eigenvalue weighted by Gasteiger charge is 2.12. The second-order valence-electron chi connectivity index (χ2n) is 6.20. The number of aromatic nitrogens is 2. The third-order valence-electron chi connectivity index (χ3n) is 4.02. The van der Waals surface area contributed by atoms with E-state index >= 15 is 0 Å². The SMILES string of the molecule is COc1ccc(OC)c(NC(=O)c2cccc(Nc3nc(C)cc(C)n3)c2)c1. The lowest BCUT2D eigenvalue weighted by Gasteiger charge is -2.12. The molecule has 3 aromatic rings. The Bertz CT molecular complexity index is 984. The maximum atomic E-state index is 12.7. The molecule has 3 rings (SSSR count). The van der Waals surface area contributed by atoms with Gasteiger partial charge in [0.1, 0.15) is 11.5 Å². The van der Waals surface area contributed by atoms with Crippen LogP contribution < -0.4 is 20.1 Å². The normalized spacial score (nSPS) is 10.3. The molecule has 7 nitrogen and oxygen atoms in total. The van der Waals surface area contributed by atoms with Crippen molar-refractivity contribution in [2.45, 2.75) is 13.8 Å². The Labute approximate surface area is 163 Å². The number of nitrogens with zero attached hydrogens (tertiary/aromatic N) is 2. The topological polar surface area (TPSA) is 85.4 Å². The molecule has 0 unspecified atom stereocenters. The van der Waals surface area contributed by atoms with Crippen molar-refractivity contribution in [1.82, 2.24) is 9.97 Å². The van der Waals surface area contributed by atoms with Crippen molar-refractivity contribution in [3.63, 3.8) is 0 Å². The highest BCUT2D eigenvalue weighted by Crippen LogP contribution is 2.29. The first-order valence-electron chi connectivity index (χ1n) is 8.71. The number of nitrogens with one attached hydrogen (secondary N) is 2. The molecule has 0 radical (unpaired) electrons. The first-order chi connectivity index (χ1) is 13.5. The predicted molar refractivity (Wildman–Crippen MR) is 109 cm³/mol. The predicted octanol–water partition coefficient (Wildman–Crippen LogP) is 4.11. The number of carbonyl (C=O) groups is 1. The highest BCUT2D eigenvalue weighted by molar-refractivity contribution is 6.05. The smallest absolute Gasteiger partial charge is 0.255 e. The molecule has 0 atom stereocenters. The minimum Gasteiger partial charge on any atom is -0.497 e. The van der Waals surface area contributed by atoms with Crippen LogP contribution in [-0.2, 0) is 0 Å². The van der Waals surface area contributed by atoms with Crippen LogP contribution in [0.15, 0.2) is 48.5 Å². The van der Waals surface area contributed by atoms with Crippen molar-refractivity contribution in [2.75, 3.05) is 24.9 Å². The third kappa shape index (κ3) is 4.56. The number of aryl methyl sites for hydroxylation is 2. The fraction of sp³-hybridized carbons (Fsp3) is 0.190. The second-order valence-corrected chi connectivity index (χ2v) is 6.20. The van der Waals surface area contributed by atoms with E-state index in [1.807, 2.05) is 26.0 Å². The van der Waals surface area contributed by atoms with Crippen LogP contribution >= 0.6 is 0 Å². The molecular formula is C21H22N4O3. The summed E-state index contributed by atoms with van der Waals surface area (Å²) in [6.07, 6.45) is 0. The van der Waals surface area contributed by atoms with Crippen molar-refractivity contribution in [3.8, 4) is 11.5 Å². The van der Waals surface area contributed by atoms with Gasteiger partial charge in [0.15, 0.2) is 0 Å². The summed E-state index contributed by atoms with van der Waals surface area (Å²) >= 11 is 0. The van der Waals surface area contributed by atoms with E-state index in [0.717, 1.165) is 17.1 Å². The Morgan fingerprint density at radius 3 is 2.36 bits per heavy atom. The summed E-state index contributed by atoms with van der Waals surface area (Å²) in [5.41, 5.74) is 3.47. The third-order valence-corrected chi connectivity index (χ3v) is 4.02. The summed E-state index contributed by atoms with van der Waals surface area (Å²) in [7, 11) is 3.11. The lowest BCUT2D eigenvalue weighted by atomic mass is 10.1. The first-order valence-corrected chi connectivity index (χ1v) is 8.71. The molecule has 2 N–H and O–H groups in total. The lowest BCUT2D eigenvalue weighted by molar-refractivity contribution is 0.102. The average molecular weight is 378 g/mol. The number of anilines is 3. The van der Waals surface area contributed by atoms with E-state index in [0.29, 0.717) is 28.7 Å². The van der Waals surface area contributed by atoms with Gasteiger partial charge in [-0.3, -0.25) is 4.79 Å². The molecule has 1 amide bonds. The number of ether oxygens (including phenoxy) is 2. The van der Waals surface area contributed by atoms with E-state index in [1.165, 1.54) is 0 Å². The van der Waals surface area contributed by atoms with Crippen molar-refractivity contribution in [3.05, 3.63) is 65.5 Å². The van der Waals surface area contributed by atoms with Crippen LogP contribution in [0.5, 0.6) is 11.5 Å². The summed E-state index contributed by atoms with van der Waals surface area (Å²) in [4.78, 5) is 21.4. The number of carbonyl (C=O) groups excluding carboxylic acids is 1. The molecule has 0 bridgehead atoms. The number of amides is 1. The molecule has 7 heteroatoms. The fourth-order valence-corrected chi connectivity index (χ4v) is 2.76. The van der Waals surface area contributed by atoms with Crippen molar-refractivity contribution in [1.29, 1.82) is 0 Å². The van der Waals surface area contributed by atoms with Crippen molar-refractivity contribution >= 4 is 23.2 Å². The molecule has 0 fully saturated rings. The fourth-order valence-electron chi connectivity index (χ4n) is 2.76. The van der Waals surface area contributed by atoms with Gasteiger partial charge in [-0.2, -0.15) is 0 Å². The number of hydrogen-bond acceptors (Lipinski definition) is 6. The summed E-state index contributed by atoms with van der Waals surface area (Å²) in [6.45, 7) is 3.82. The van der Waals surface area contributed by atoms with Gasteiger partial charge in [-0.25, -0.2) is 9.97 Å². The quantitative estimate of drug-likeness (QED) is 0.671. The number of methoxy groups -OCH3 is 2. The van der Waals surface area contributed by atoms with E-state index in [4.69, 9.17) is 9.47 Å². The van der Waals surface area contributed by atoms with Crippen molar-refractivity contribution in [2.24, 2.45) is 0 Å². The van der Waals surface area contributed by atoms with Crippen molar-refractivity contribution < 1.29 is 14.3 Å². The Morgan fingerprint density at radius 1 is 0.929 bits per heavy atom. The molecule has 0 aliphatic heterocycles. The zero-order valence-corrected chi connectivity index (χ0v) is 16.2. The molecule has 0 saturated heterocycles.